The van der Waals surface area contributed by atoms with E-state index in [0.29, 0.717) is 0 Å². The van der Waals surface area contributed by atoms with Crippen LogP contribution in [0.3, 0.4) is 0 Å². The number of nitro benzene ring substituents is 1. The molecule has 1 aliphatic rings. The number of thiazole rings is 1. The average molecular weight is 313 g/mol. The summed E-state index contributed by atoms with van der Waals surface area (Å²) in [6, 6.07) is 4.85. The van der Waals surface area contributed by atoms with Gasteiger partial charge in [0.05, 0.1) is 26.9 Å². The predicted octanol–water partition coefficient (Wildman–Crippen LogP) is 3.41. The second kappa shape index (κ2) is 5.56. The first-order valence-corrected chi connectivity index (χ1v) is 8.82. The van der Waals surface area contributed by atoms with Gasteiger partial charge in [0, 0.05) is 23.6 Å². The van der Waals surface area contributed by atoms with Gasteiger partial charge in [0.25, 0.3) is 5.69 Å². The van der Waals surface area contributed by atoms with Crippen molar-refractivity contribution in [2.45, 2.75) is 0 Å². The first-order valence-electron chi connectivity index (χ1n) is 5.69. The number of hydrogen-bond donors (Lipinski definition) is 0. The van der Waals surface area contributed by atoms with Crippen LogP contribution in [0.4, 0.5) is 10.8 Å². The first-order chi connectivity index (χ1) is 9.24. The molecular weight excluding hydrogens is 302 g/mol. The molecule has 1 aromatic carbocycles. The van der Waals surface area contributed by atoms with Crippen LogP contribution in [0.25, 0.3) is 10.2 Å². The van der Waals surface area contributed by atoms with Crippen molar-refractivity contribution in [2.24, 2.45) is 0 Å². The van der Waals surface area contributed by atoms with Crippen LogP contribution < -0.4 is 4.90 Å². The Labute approximate surface area is 122 Å². The van der Waals surface area contributed by atoms with Gasteiger partial charge in [-0.05, 0) is 6.07 Å². The van der Waals surface area contributed by atoms with Crippen LogP contribution in [-0.2, 0) is 0 Å². The molecule has 1 saturated heterocycles. The van der Waals surface area contributed by atoms with Crippen LogP contribution in [0, 0.1) is 10.1 Å². The van der Waals surface area contributed by atoms with Crippen molar-refractivity contribution < 1.29 is 4.92 Å². The first kappa shape index (κ1) is 13.0. The molecule has 100 valence electrons. The van der Waals surface area contributed by atoms with Gasteiger partial charge in [-0.25, -0.2) is 4.98 Å². The van der Waals surface area contributed by atoms with Gasteiger partial charge in [0.2, 0.25) is 0 Å². The van der Waals surface area contributed by atoms with Crippen LogP contribution in [0.1, 0.15) is 0 Å². The van der Waals surface area contributed by atoms with Crippen molar-refractivity contribution in [1.82, 2.24) is 4.98 Å². The summed E-state index contributed by atoms with van der Waals surface area (Å²) >= 11 is 5.33. The number of fused-ring (bicyclic) bond motifs is 1. The van der Waals surface area contributed by atoms with Crippen molar-refractivity contribution >= 4 is 55.9 Å². The summed E-state index contributed by atoms with van der Waals surface area (Å²) in [6.07, 6.45) is 0. The zero-order chi connectivity index (χ0) is 13.2. The Morgan fingerprint density at radius 3 is 2.68 bits per heavy atom. The largest absolute Gasteiger partial charge is 0.330 e. The Kier molecular flexibility index (Phi) is 3.81. The highest BCUT2D eigenvalue weighted by Gasteiger charge is 2.16. The maximum absolute atomic E-state index is 10.8. The number of rotatable bonds is 2. The normalized spacial score (nSPS) is 16.5. The minimum Gasteiger partial charge on any atom is -0.330 e. The van der Waals surface area contributed by atoms with Gasteiger partial charge in [0.1, 0.15) is 0 Å². The van der Waals surface area contributed by atoms with Crippen LogP contribution in [0.15, 0.2) is 18.2 Å². The fourth-order valence-electron chi connectivity index (χ4n) is 1.77. The lowest BCUT2D eigenvalue weighted by Gasteiger charge is -2.17. The topological polar surface area (TPSA) is 59.3 Å². The molecule has 2 heterocycles. The van der Waals surface area contributed by atoms with E-state index < -0.39 is 0 Å². The molecule has 0 spiro atoms. The Bertz CT molecular complexity index is 608. The number of anilines is 1. The van der Waals surface area contributed by atoms with Crippen LogP contribution in [0.2, 0.25) is 0 Å². The summed E-state index contributed by atoms with van der Waals surface area (Å²) in [7, 11) is 0. The number of aromatic nitrogens is 1. The maximum atomic E-state index is 10.8. The van der Waals surface area contributed by atoms with Crippen LogP contribution in [0.5, 0.6) is 0 Å². The van der Waals surface area contributed by atoms with Gasteiger partial charge in [0.15, 0.2) is 5.13 Å². The minimum atomic E-state index is -0.365. The summed E-state index contributed by atoms with van der Waals surface area (Å²) in [5.41, 5.74) is 0.965. The van der Waals surface area contributed by atoms with Gasteiger partial charge < -0.3 is 4.90 Å². The molecule has 0 unspecified atom stereocenters. The molecule has 0 atom stereocenters. The summed E-state index contributed by atoms with van der Waals surface area (Å²) < 4.78 is 0.878. The second-order valence-corrected chi connectivity index (χ2v) is 7.18. The molecule has 0 amide bonds. The molecular formula is C11H11N3O2S3. The maximum Gasteiger partial charge on any atom is 0.270 e. The van der Waals surface area contributed by atoms with Gasteiger partial charge in [-0.2, -0.15) is 0 Å². The number of hydrogen-bond acceptors (Lipinski definition) is 7. The number of non-ortho nitro benzene ring substituents is 1. The van der Waals surface area contributed by atoms with Gasteiger partial charge in [-0.15, -0.1) is 23.5 Å². The van der Waals surface area contributed by atoms with E-state index in [0.717, 1.165) is 38.6 Å². The van der Waals surface area contributed by atoms with E-state index in [-0.39, 0.29) is 10.6 Å². The Morgan fingerprint density at radius 2 is 2.00 bits per heavy atom. The highest BCUT2D eigenvalue weighted by molar-refractivity contribution is 8.03. The second-order valence-electron chi connectivity index (χ2n) is 4.02. The fraction of sp³-hybridized carbons (Fsp3) is 0.364. The average Bonchev–Trinajstić information content (AvgIpc) is 2.64. The fourth-order valence-corrected chi connectivity index (χ4v) is 5.11. The highest BCUT2D eigenvalue weighted by atomic mass is 32.2. The Balaban J connectivity index is 1.94. The zero-order valence-corrected chi connectivity index (χ0v) is 12.4. The van der Waals surface area contributed by atoms with Gasteiger partial charge >= 0.3 is 0 Å². The Morgan fingerprint density at radius 1 is 1.26 bits per heavy atom. The van der Waals surface area contributed by atoms with Gasteiger partial charge in [-0.3, -0.25) is 10.1 Å². The summed E-state index contributed by atoms with van der Waals surface area (Å²) in [5.74, 6) is 4.21. The van der Waals surface area contributed by atoms with Crippen LogP contribution in [-0.4, -0.2) is 33.2 Å². The third kappa shape index (κ3) is 2.80. The monoisotopic (exact) mass is 313 g/mol. The summed E-state index contributed by atoms with van der Waals surface area (Å²) in [6.45, 7) is 0. The molecule has 5 nitrogen and oxygen atoms in total. The Hall–Kier alpha value is -0.990. The highest BCUT2D eigenvalue weighted by Crippen LogP contribution is 2.33. The van der Waals surface area contributed by atoms with E-state index in [9.17, 15) is 10.1 Å². The van der Waals surface area contributed by atoms with E-state index in [2.05, 4.69) is 9.88 Å². The van der Waals surface area contributed by atoms with Crippen molar-refractivity contribution in [3.05, 3.63) is 28.3 Å². The molecule has 19 heavy (non-hydrogen) atoms. The van der Waals surface area contributed by atoms with Crippen molar-refractivity contribution in [1.29, 1.82) is 0 Å². The molecule has 8 heteroatoms. The third-order valence-electron chi connectivity index (χ3n) is 2.71. The lowest BCUT2D eigenvalue weighted by Crippen LogP contribution is -2.20. The molecule has 1 aromatic heterocycles. The molecule has 2 aromatic rings. The van der Waals surface area contributed by atoms with Crippen molar-refractivity contribution in [3.63, 3.8) is 0 Å². The number of nitrogens with zero attached hydrogens (tertiary/aromatic N) is 3. The molecule has 0 radical (unpaired) electrons. The van der Waals surface area contributed by atoms with E-state index in [1.807, 2.05) is 23.5 Å². The van der Waals surface area contributed by atoms with Gasteiger partial charge in [-0.1, -0.05) is 11.3 Å². The minimum absolute atomic E-state index is 0.127. The number of benzene rings is 1. The molecule has 0 N–H and O–H groups in total. The van der Waals surface area contributed by atoms with E-state index in [1.54, 1.807) is 12.1 Å². The summed E-state index contributed by atoms with van der Waals surface area (Å²) in [5, 5.41) is 11.7. The molecule has 3 rings (SSSR count). The molecule has 0 aliphatic carbocycles. The predicted molar refractivity (Wildman–Crippen MR) is 83.4 cm³/mol. The van der Waals surface area contributed by atoms with E-state index in [1.165, 1.54) is 17.4 Å². The lowest BCUT2D eigenvalue weighted by atomic mass is 10.3. The zero-order valence-electron chi connectivity index (χ0n) is 9.94. The quantitative estimate of drug-likeness (QED) is 0.625. The molecule has 1 aliphatic heterocycles. The molecule has 1 fully saturated rings. The lowest BCUT2D eigenvalue weighted by molar-refractivity contribution is -0.384. The van der Waals surface area contributed by atoms with E-state index in [4.69, 9.17) is 0 Å². The number of thioether (sulfide) groups is 2. The molecule has 0 bridgehead atoms. The smallest absolute Gasteiger partial charge is 0.270 e. The number of nitro groups is 1. The van der Waals surface area contributed by atoms with Crippen molar-refractivity contribution in [3.8, 4) is 0 Å². The molecule has 0 saturated carbocycles. The van der Waals surface area contributed by atoms with Crippen LogP contribution >= 0.6 is 34.9 Å². The summed E-state index contributed by atoms with van der Waals surface area (Å²) in [4.78, 5) is 17.2. The SMILES string of the molecule is O=[N+]([O-])c1ccc2nc(N3CSCCSC3)sc2c1. The standard InChI is InChI=1S/C11H11N3O2S3/c15-14(16)8-1-2-9-10(5-8)19-11(12-9)13-6-17-3-4-18-7-13/h1-2,5H,3-4,6-7H2. The third-order valence-corrected chi connectivity index (χ3v) is 6.02. The van der Waals surface area contributed by atoms with E-state index >= 15 is 0 Å². The van der Waals surface area contributed by atoms with Crippen molar-refractivity contribution in [2.75, 3.05) is 28.2 Å².